The smallest absolute Gasteiger partial charge is 0.300 e. The molecule has 0 aromatic rings. The Morgan fingerprint density at radius 3 is 1.56 bits per heavy atom. The van der Waals surface area contributed by atoms with Gasteiger partial charge in [-0.05, 0) is 19.8 Å². The van der Waals surface area contributed by atoms with Gasteiger partial charge in [0.2, 0.25) is 5.78 Å². The average Bonchev–Trinajstić information content (AvgIpc) is 2.24. The second kappa shape index (κ2) is 9.11. The van der Waals surface area contributed by atoms with Crippen molar-refractivity contribution in [2.75, 3.05) is 0 Å². The van der Waals surface area contributed by atoms with Gasteiger partial charge in [-0.2, -0.15) is 13.2 Å². The van der Waals surface area contributed by atoms with Crippen LogP contribution >= 0.6 is 0 Å². The highest BCUT2D eigenvalue weighted by molar-refractivity contribution is 5.83. The molecule has 0 atom stereocenters. The SMILES string of the molecule is CC(=O)CCCCCCCCCC(=O)C(F)(F)F. The summed E-state index contributed by atoms with van der Waals surface area (Å²) in [5.41, 5.74) is 0. The maximum atomic E-state index is 11.9. The van der Waals surface area contributed by atoms with E-state index in [0.717, 1.165) is 32.1 Å². The Labute approximate surface area is 106 Å². The summed E-state index contributed by atoms with van der Waals surface area (Å²) in [5, 5.41) is 0. The van der Waals surface area contributed by atoms with Crippen molar-refractivity contribution >= 4 is 11.6 Å². The van der Waals surface area contributed by atoms with Crippen molar-refractivity contribution in [3.8, 4) is 0 Å². The van der Waals surface area contributed by atoms with Crippen LogP contribution in [-0.2, 0) is 9.59 Å². The first kappa shape index (κ1) is 17.1. The van der Waals surface area contributed by atoms with Crippen LogP contribution in [-0.4, -0.2) is 17.7 Å². The number of carbonyl (C=O) groups excluding carboxylic acids is 2. The van der Waals surface area contributed by atoms with Crippen LogP contribution in [0.3, 0.4) is 0 Å². The molecule has 0 saturated heterocycles. The highest BCUT2D eigenvalue weighted by Gasteiger charge is 2.36. The van der Waals surface area contributed by atoms with Crippen LogP contribution in [0.25, 0.3) is 0 Å². The predicted octanol–water partition coefficient (Wildman–Crippen LogP) is 4.22. The Balaban J connectivity index is 3.27. The quantitative estimate of drug-likeness (QED) is 0.555. The van der Waals surface area contributed by atoms with Gasteiger partial charge in [-0.1, -0.05) is 32.1 Å². The molecule has 0 aromatic carbocycles. The van der Waals surface area contributed by atoms with Gasteiger partial charge >= 0.3 is 6.18 Å². The van der Waals surface area contributed by atoms with Crippen molar-refractivity contribution in [1.29, 1.82) is 0 Å². The Kier molecular flexibility index (Phi) is 8.67. The Hall–Kier alpha value is -0.870. The molecule has 0 amide bonds. The summed E-state index contributed by atoms with van der Waals surface area (Å²) >= 11 is 0. The third-order valence-corrected chi connectivity index (χ3v) is 2.75. The molecular weight excluding hydrogens is 245 g/mol. The molecule has 0 aliphatic heterocycles. The van der Waals surface area contributed by atoms with E-state index in [1.54, 1.807) is 6.92 Å². The monoisotopic (exact) mass is 266 g/mol. The molecular formula is C13H21F3O2. The third kappa shape index (κ3) is 10.3. The molecule has 0 aliphatic rings. The van der Waals surface area contributed by atoms with E-state index in [0.29, 0.717) is 19.3 Å². The van der Waals surface area contributed by atoms with E-state index in [4.69, 9.17) is 0 Å². The first-order chi connectivity index (χ1) is 8.34. The van der Waals surface area contributed by atoms with E-state index >= 15 is 0 Å². The van der Waals surface area contributed by atoms with Gasteiger partial charge in [0, 0.05) is 12.8 Å². The number of hydrogen-bond donors (Lipinski definition) is 0. The van der Waals surface area contributed by atoms with Gasteiger partial charge in [-0.15, -0.1) is 0 Å². The normalized spacial score (nSPS) is 11.6. The molecule has 2 nitrogen and oxygen atoms in total. The van der Waals surface area contributed by atoms with Crippen molar-refractivity contribution in [3.05, 3.63) is 0 Å². The maximum absolute atomic E-state index is 11.9. The summed E-state index contributed by atoms with van der Waals surface area (Å²) in [7, 11) is 0. The molecule has 0 radical (unpaired) electrons. The molecule has 0 bridgehead atoms. The lowest BCUT2D eigenvalue weighted by Crippen LogP contribution is -2.22. The van der Waals surface area contributed by atoms with Crippen molar-refractivity contribution in [1.82, 2.24) is 0 Å². The lowest BCUT2D eigenvalue weighted by Gasteiger charge is -2.04. The van der Waals surface area contributed by atoms with Crippen LogP contribution in [0.5, 0.6) is 0 Å². The molecule has 5 heteroatoms. The van der Waals surface area contributed by atoms with Gasteiger partial charge < -0.3 is 4.79 Å². The van der Waals surface area contributed by atoms with Crippen molar-refractivity contribution in [2.45, 2.75) is 70.9 Å². The van der Waals surface area contributed by atoms with Gasteiger partial charge in [0.1, 0.15) is 5.78 Å². The summed E-state index contributed by atoms with van der Waals surface area (Å²) in [5.74, 6) is -1.43. The number of Topliss-reactive ketones (excluding diaryl/α,β-unsaturated/α-hetero) is 2. The molecule has 106 valence electrons. The summed E-state index contributed by atoms with van der Waals surface area (Å²) in [6.07, 6.45) is 1.20. The highest BCUT2D eigenvalue weighted by Crippen LogP contribution is 2.20. The van der Waals surface area contributed by atoms with E-state index in [2.05, 4.69) is 0 Å². The summed E-state index contributed by atoms with van der Waals surface area (Å²) in [4.78, 5) is 21.2. The topological polar surface area (TPSA) is 34.1 Å². The number of rotatable bonds is 10. The zero-order chi connectivity index (χ0) is 14.0. The molecule has 0 aliphatic carbocycles. The van der Waals surface area contributed by atoms with Crippen LogP contribution in [0.2, 0.25) is 0 Å². The molecule has 0 spiro atoms. The van der Waals surface area contributed by atoms with Gasteiger partial charge in [0.05, 0.1) is 0 Å². The zero-order valence-corrected chi connectivity index (χ0v) is 10.8. The fourth-order valence-corrected chi connectivity index (χ4v) is 1.69. The van der Waals surface area contributed by atoms with Crippen LogP contribution in [0.15, 0.2) is 0 Å². The summed E-state index contributed by atoms with van der Waals surface area (Å²) in [6, 6.07) is 0. The van der Waals surface area contributed by atoms with E-state index in [9.17, 15) is 22.8 Å². The second-order valence-corrected chi connectivity index (χ2v) is 4.60. The average molecular weight is 266 g/mol. The molecule has 18 heavy (non-hydrogen) atoms. The number of halogens is 3. The minimum atomic E-state index is -4.67. The third-order valence-electron chi connectivity index (χ3n) is 2.75. The standard InChI is InChI=1S/C13H21F3O2/c1-11(17)9-7-5-3-2-4-6-8-10-12(18)13(14,15)16/h2-10H2,1H3. The summed E-state index contributed by atoms with van der Waals surface area (Å²) < 4.78 is 35.6. The second-order valence-electron chi connectivity index (χ2n) is 4.60. The van der Waals surface area contributed by atoms with E-state index < -0.39 is 18.4 Å². The van der Waals surface area contributed by atoms with Gasteiger partial charge in [0.25, 0.3) is 0 Å². The lowest BCUT2D eigenvalue weighted by atomic mass is 10.1. The van der Waals surface area contributed by atoms with Crippen LogP contribution in [0, 0.1) is 0 Å². The largest absolute Gasteiger partial charge is 0.449 e. The van der Waals surface area contributed by atoms with Gasteiger partial charge in [0.15, 0.2) is 0 Å². The Bertz CT molecular complexity index is 259. The molecule has 0 aromatic heterocycles. The Morgan fingerprint density at radius 2 is 1.17 bits per heavy atom. The van der Waals surface area contributed by atoms with Gasteiger partial charge in [-0.25, -0.2) is 0 Å². The fraction of sp³-hybridized carbons (Fsp3) is 0.846. The minimum absolute atomic E-state index is 0.195. The highest BCUT2D eigenvalue weighted by atomic mass is 19.4. The van der Waals surface area contributed by atoms with Crippen molar-refractivity contribution < 1.29 is 22.8 Å². The van der Waals surface area contributed by atoms with Crippen LogP contribution in [0.4, 0.5) is 13.2 Å². The Morgan fingerprint density at radius 1 is 0.778 bits per heavy atom. The summed E-state index contributed by atoms with van der Waals surface area (Å²) in [6.45, 7) is 1.57. The lowest BCUT2D eigenvalue weighted by molar-refractivity contribution is -0.171. The molecule has 0 heterocycles. The maximum Gasteiger partial charge on any atom is 0.449 e. The number of alkyl halides is 3. The van der Waals surface area contributed by atoms with E-state index in [-0.39, 0.29) is 5.78 Å². The molecule has 0 fully saturated rings. The fourth-order valence-electron chi connectivity index (χ4n) is 1.69. The van der Waals surface area contributed by atoms with Crippen LogP contribution < -0.4 is 0 Å². The van der Waals surface area contributed by atoms with E-state index in [1.807, 2.05) is 0 Å². The van der Waals surface area contributed by atoms with Gasteiger partial charge in [-0.3, -0.25) is 4.79 Å². The van der Waals surface area contributed by atoms with Crippen molar-refractivity contribution in [3.63, 3.8) is 0 Å². The van der Waals surface area contributed by atoms with Crippen molar-refractivity contribution in [2.24, 2.45) is 0 Å². The first-order valence-corrected chi connectivity index (χ1v) is 6.43. The number of carbonyl (C=O) groups is 2. The number of unbranched alkanes of at least 4 members (excludes halogenated alkanes) is 6. The predicted molar refractivity (Wildman–Crippen MR) is 63.3 cm³/mol. The van der Waals surface area contributed by atoms with E-state index in [1.165, 1.54) is 0 Å². The number of ketones is 2. The molecule has 0 N–H and O–H groups in total. The molecule has 0 saturated carbocycles. The first-order valence-electron chi connectivity index (χ1n) is 6.43. The minimum Gasteiger partial charge on any atom is -0.300 e. The zero-order valence-electron chi connectivity index (χ0n) is 10.8. The molecule has 0 unspecified atom stereocenters. The van der Waals surface area contributed by atoms with Crippen LogP contribution in [0.1, 0.15) is 64.7 Å². The molecule has 0 rings (SSSR count). The number of hydrogen-bond acceptors (Lipinski definition) is 2.